The summed E-state index contributed by atoms with van der Waals surface area (Å²) in [6, 6.07) is 19.1. The van der Waals surface area contributed by atoms with Gasteiger partial charge in [0.15, 0.2) is 0 Å². The number of esters is 1. The summed E-state index contributed by atoms with van der Waals surface area (Å²) in [7, 11) is 1.55. The number of carbonyl (C=O) groups excluding carboxylic acids is 2. The van der Waals surface area contributed by atoms with E-state index < -0.39 is 11.9 Å². The van der Waals surface area contributed by atoms with Crippen molar-refractivity contribution >= 4 is 18.1 Å². The van der Waals surface area contributed by atoms with Crippen LogP contribution in [0.4, 0.5) is 0 Å². The molecule has 0 radical (unpaired) electrons. The largest absolute Gasteiger partial charge is 0.508 e. The molecule has 2 N–H and O–H groups in total. The molecule has 3 rings (SSSR count). The van der Waals surface area contributed by atoms with E-state index in [0.29, 0.717) is 28.2 Å². The fourth-order valence-electron chi connectivity index (χ4n) is 2.36. The van der Waals surface area contributed by atoms with Gasteiger partial charge in [-0.05, 0) is 78.4 Å². The van der Waals surface area contributed by atoms with Crippen LogP contribution in [0.1, 0.15) is 26.3 Å². The molecular weight excluding hydrogens is 372 g/mol. The summed E-state index contributed by atoms with van der Waals surface area (Å²) in [6.45, 7) is 0. The molecule has 146 valence electrons. The Balaban J connectivity index is 1.55. The van der Waals surface area contributed by atoms with Crippen molar-refractivity contribution < 1.29 is 24.2 Å². The van der Waals surface area contributed by atoms with Gasteiger partial charge in [0.2, 0.25) is 0 Å². The number of aromatic hydroxyl groups is 1. The van der Waals surface area contributed by atoms with Crippen molar-refractivity contribution in [2.24, 2.45) is 5.10 Å². The lowest BCUT2D eigenvalue weighted by Crippen LogP contribution is -2.17. The highest BCUT2D eigenvalue weighted by atomic mass is 16.5. The third kappa shape index (κ3) is 5.43. The second kappa shape index (κ2) is 9.18. The van der Waals surface area contributed by atoms with Crippen LogP contribution in [-0.2, 0) is 0 Å². The zero-order valence-electron chi connectivity index (χ0n) is 15.5. The third-order valence-electron chi connectivity index (χ3n) is 3.93. The number of nitrogens with zero attached hydrogens (tertiary/aromatic N) is 1. The highest BCUT2D eigenvalue weighted by Gasteiger charge is 2.08. The molecule has 0 atom stereocenters. The zero-order chi connectivity index (χ0) is 20.6. The number of hydrazone groups is 1. The average molecular weight is 390 g/mol. The number of nitrogens with one attached hydrogen (secondary N) is 1. The number of hydrogen-bond donors (Lipinski definition) is 2. The lowest BCUT2D eigenvalue weighted by molar-refractivity contribution is 0.0734. The van der Waals surface area contributed by atoms with Crippen LogP contribution in [0, 0.1) is 0 Å². The van der Waals surface area contributed by atoms with E-state index in [1.54, 1.807) is 55.6 Å². The molecule has 0 heterocycles. The normalized spacial score (nSPS) is 10.5. The van der Waals surface area contributed by atoms with Gasteiger partial charge >= 0.3 is 5.97 Å². The Morgan fingerprint density at radius 3 is 2.07 bits per heavy atom. The second-order valence-electron chi connectivity index (χ2n) is 5.93. The smallest absolute Gasteiger partial charge is 0.343 e. The molecule has 0 aromatic heterocycles. The maximum Gasteiger partial charge on any atom is 0.343 e. The maximum absolute atomic E-state index is 12.1. The molecule has 7 heteroatoms. The first-order valence-electron chi connectivity index (χ1n) is 8.64. The van der Waals surface area contributed by atoms with Crippen molar-refractivity contribution in [1.82, 2.24) is 5.43 Å². The number of carbonyl (C=O) groups is 2. The predicted octanol–water partition coefficient (Wildman–Crippen LogP) is 3.38. The van der Waals surface area contributed by atoms with Crippen LogP contribution < -0.4 is 14.9 Å². The van der Waals surface area contributed by atoms with E-state index in [-0.39, 0.29) is 5.75 Å². The first-order chi connectivity index (χ1) is 14.0. The van der Waals surface area contributed by atoms with Crippen LogP contribution in [0.2, 0.25) is 0 Å². The Bertz CT molecular complexity index is 1010. The molecule has 29 heavy (non-hydrogen) atoms. The van der Waals surface area contributed by atoms with Gasteiger partial charge in [-0.3, -0.25) is 4.79 Å². The zero-order valence-corrected chi connectivity index (χ0v) is 15.5. The standard InChI is InChI=1S/C22H18N2O5/c1-28-19-12-6-17(7-13-19)22(27)29-20-10-2-15(3-11-20)14-23-24-21(26)16-4-8-18(25)9-5-16/h2-14,25H,1H3,(H,24,26). The second-order valence-corrected chi connectivity index (χ2v) is 5.93. The number of rotatable bonds is 6. The number of amides is 1. The Morgan fingerprint density at radius 2 is 1.45 bits per heavy atom. The molecule has 0 fully saturated rings. The lowest BCUT2D eigenvalue weighted by atomic mass is 10.2. The number of phenols is 1. The number of methoxy groups -OCH3 is 1. The van der Waals surface area contributed by atoms with Crippen molar-refractivity contribution in [3.8, 4) is 17.2 Å². The molecule has 0 aliphatic carbocycles. The fourth-order valence-corrected chi connectivity index (χ4v) is 2.36. The molecule has 3 aromatic carbocycles. The monoisotopic (exact) mass is 390 g/mol. The number of hydrogen-bond acceptors (Lipinski definition) is 6. The first kappa shape index (κ1) is 19.6. The Kier molecular flexibility index (Phi) is 6.22. The van der Waals surface area contributed by atoms with Crippen LogP contribution >= 0.6 is 0 Å². The molecule has 0 saturated carbocycles. The fraction of sp³-hybridized carbons (Fsp3) is 0.0455. The van der Waals surface area contributed by atoms with Gasteiger partial charge in [-0.15, -0.1) is 0 Å². The Hall–Kier alpha value is -4.13. The Morgan fingerprint density at radius 1 is 0.862 bits per heavy atom. The average Bonchev–Trinajstić information content (AvgIpc) is 2.75. The van der Waals surface area contributed by atoms with Gasteiger partial charge in [-0.1, -0.05) is 0 Å². The number of ether oxygens (including phenoxy) is 2. The van der Waals surface area contributed by atoms with E-state index in [4.69, 9.17) is 9.47 Å². The SMILES string of the molecule is COc1ccc(C(=O)Oc2ccc(C=NNC(=O)c3ccc(O)cc3)cc2)cc1. The highest BCUT2D eigenvalue weighted by Crippen LogP contribution is 2.16. The number of phenolic OH excluding ortho intramolecular Hbond substituents is 1. The summed E-state index contributed by atoms with van der Waals surface area (Å²) >= 11 is 0. The topological polar surface area (TPSA) is 97.2 Å². The summed E-state index contributed by atoms with van der Waals surface area (Å²) in [5, 5.41) is 13.1. The van der Waals surface area contributed by atoms with Gasteiger partial charge in [-0.2, -0.15) is 5.10 Å². The quantitative estimate of drug-likeness (QED) is 0.291. The van der Waals surface area contributed by atoms with E-state index in [0.717, 1.165) is 0 Å². The summed E-state index contributed by atoms with van der Waals surface area (Å²) < 4.78 is 10.4. The molecule has 0 aliphatic heterocycles. The molecule has 7 nitrogen and oxygen atoms in total. The van der Waals surface area contributed by atoms with Crippen molar-refractivity contribution in [1.29, 1.82) is 0 Å². The van der Waals surface area contributed by atoms with Gasteiger partial charge in [0, 0.05) is 5.56 Å². The van der Waals surface area contributed by atoms with E-state index in [9.17, 15) is 14.7 Å². The van der Waals surface area contributed by atoms with Crippen molar-refractivity contribution in [2.75, 3.05) is 7.11 Å². The summed E-state index contributed by atoms with van der Waals surface area (Å²) in [4.78, 5) is 24.1. The molecular formula is C22H18N2O5. The van der Waals surface area contributed by atoms with Crippen LogP contribution in [0.15, 0.2) is 77.9 Å². The summed E-state index contributed by atoms with van der Waals surface area (Å²) in [5.74, 6) is 0.248. The molecule has 0 spiro atoms. The maximum atomic E-state index is 12.1. The van der Waals surface area contributed by atoms with E-state index in [1.165, 1.54) is 30.5 Å². The molecule has 0 unspecified atom stereocenters. The minimum Gasteiger partial charge on any atom is -0.508 e. The lowest BCUT2D eigenvalue weighted by Gasteiger charge is -2.05. The Labute approximate surface area is 167 Å². The molecule has 0 saturated heterocycles. The van der Waals surface area contributed by atoms with Gasteiger partial charge < -0.3 is 14.6 Å². The molecule has 1 amide bonds. The summed E-state index contributed by atoms with van der Waals surface area (Å²) in [5.41, 5.74) is 3.89. The van der Waals surface area contributed by atoms with Gasteiger partial charge in [0.1, 0.15) is 17.2 Å². The van der Waals surface area contributed by atoms with Crippen LogP contribution in [-0.4, -0.2) is 30.3 Å². The van der Waals surface area contributed by atoms with Crippen molar-refractivity contribution in [3.63, 3.8) is 0 Å². The van der Waals surface area contributed by atoms with Crippen molar-refractivity contribution in [3.05, 3.63) is 89.5 Å². The first-order valence-corrected chi connectivity index (χ1v) is 8.64. The predicted molar refractivity (Wildman–Crippen MR) is 108 cm³/mol. The van der Waals surface area contributed by atoms with Crippen LogP contribution in [0.25, 0.3) is 0 Å². The summed E-state index contributed by atoms with van der Waals surface area (Å²) in [6.07, 6.45) is 1.47. The van der Waals surface area contributed by atoms with E-state index in [1.807, 2.05) is 0 Å². The van der Waals surface area contributed by atoms with Gasteiger partial charge in [0.25, 0.3) is 5.91 Å². The third-order valence-corrected chi connectivity index (χ3v) is 3.93. The van der Waals surface area contributed by atoms with Gasteiger partial charge in [-0.25, -0.2) is 10.2 Å². The van der Waals surface area contributed by atoms with Crippen LogP contribution in [0.3, 0.4) is 0 Å². The molecule has 0 bridgehead atoms. The molecule has 3 aromatic rings. The van der Waals surface area contributed by atoms with Crippen molar-refractivity contribution in [2.45, 2.75) is 0 Å². The molecule has 0 aliphatic rings. The highest BCUT2D eigenvalue weighted by molar-refractivity contribution is 5.95. The minimum absolute atomic E-state index is 0.0813. The van der Waals surface area contributed by atoms with E-state index >= 15 is 0 Å². The van der Waals surface area contributed by atoms with Crippen LogP contribution in [0.5, 0.6) is 17.2 Å². The van der Waals surface area contributed by atoms with E-state index in [2.05, 4.69) is 10.5 Å². The van der Waals surface area contributed by atoms with Gasteiger partial charge in [0.05, 0.1) is 18.9 Å². The number of benzene rings is 3. The minimum atomic E-state index is -0.477.